The van der Waals surface area contributed by atoms with Crippen LogP contribution in [-0.2, 0) is 0 Å². The van der Waals surface area contributed by atoms with Crippen LogP contribution in [-0.4, -0.2) is 15.0 Å². The van der Waals surface area contributed by atoms with Crippen molar-refractivity contribution in [3.8, 4) is 33.4 Å². The van der Waals surface area contributed by atoms with Crippen LogP contribution < -0.4 is 0 Å². The van der Waals surface area contributed by atoms with Crippen molar-refractivity contribution in [2.24, 2.45) is 0 Å². The second-order valence-electron chi connectivity index (χ2n) is 6.61. The zero-order valence-electron chi connectivity index (χ0n) is 15.7. The summed E-state index contributed by atoms with van der Waals surface area (Å²) in [7, 11) is 0. The van der Waals surface area contributed by atoms with Crippen molar-refractivity contribution < 1.29 is 26.3 Å². The van der Waals surface area contributed by atoms with Crippen LogP contribution in [0.5, 0.6) is 0 Å². The Morgan fingerprint density at radius 1 is 0.484 bits per heavy atom. The monoisotopic (exact) mass is 431 g/mol. The highest BCUT2D eigenvalue weighted by Gasteiger charge is 2.20. The Labute approximate surface area is 172 Å². The van der Waals surface area contributed by atoms with E-state index in [2.05, 4.69) is 15.0 Å². The Kier molecular flexibility index (Phi) is 5.18. The summed E-state index contributed by atoms with van der Waals surface area (Å²) in [5.74, 6) is -6.55. The maximum absolute atomic E-state index is 14.4. The fourth-order valence-corrected chi connectivity index (χ4v) is 3.28. The van der Waals surface area contributed by atoms with Crippen LogP contribution in [0.15, 0.2) is 48.5 Å². The molecule has 4 aromatic rings. The van der Waals surface area contributed by atoms with Gasteiger partial charge in [-0.25, -0.2) is 0 Å². The van der Waals surface area contributed by atoms with Crippen LogP contribution in [0.2, 0.25) is 0 Å². The molecule has 3 heterocycles. The molecule has 0 radical (unpaired) electrons. The van der Waals surface area contributed by atoms with Crippen LogP contribution >= 0.6 is 0 Å². The molecule has 3 aromatic heterocycles. The van der Waals surface area contributed by atoms with E-state index in [-0.39, 0.29) is 33.4 Å². The topological polar surface area (TPSA) is 38.7 Å². The van der Waals surface area contributed by atoms with Gasteiger partial charge in [-0.3, -0.25) is 0 Å². The summed E-state index contributed by atoms with van der Waals surface area (Å²) in [6.45, 7) is 1.53. The van der Waals surface area contributed by atoms with E-state index in [4.69, 9.17) is 0 Å². The molecule has 0 atom stereocenters. The first-order valence-electron chi connectivity index (χ1n) is 8.86. The molecule has 4 rings (SSSR count). The predicted octanol–water partition coefficient (Wildman–Crippen LogP) is 6.02. The third kappa shape index (κ3) is 3.86. The largest absolute Gasteiger partial charge is 0.223 e. The van der Waals surface area contributed by atoms with Crippen LogP contribution in [0.4, 0.5) is 26.3 Å². The lowest BCUT2D eigenvalue weighted by Gasteiger charge is -2.16. The second kappa shape index (κ2) is 7.82. The highest BCUT2D eigenvalue weighted by Crippen LogP contribution is 2.38. The van der Waals surface area contributed by atoms with Crippen molar-refractivity contribution >= 4 is 0 Å². The molecule has 0 fully saturated rings. The van der Waals surface area contributed by atoms with Gasteiger partial charge in [-0.2, -0.15) is 41.3 Å². The van der Waals surface area contributed by atoms with Crippen molar-refractivity contribution in [2.45, 2.75) is 6.92 Å². The zero-order chi connectivity index (χ0) is 22.3. The molecule has 31 heavy (non-hydrogen) atoms. The molecule has 0 saturated carbocycles. The van der Waals surface area contributed by atoms with Gasteiger partial charge in [0.05, 0.1) is 0 Å². The number of benzene rings is 1. The first kappa shape index (κ1) is 20.5. The minimum atomic E-state index is -1.14. The fourth-order valence-electron chi connectivity index (χ4n) is 3.28. The molecule has 0 spiro atoms. The van der Waals surface area contributed by atoms with Crippen molar-refractivity contribution in [3.05, 3.63) is 89.8 Å². The van der Waals surface area contributed by atoms with Crippen LogP contribution in [0.25, 0.3) is 33.4 Å². The summed E-state index contributed by atoms with van der Waals surface area (Å²) in [6, 6.07) is 8.91. The zero-order valence-corrected chi connectivity index (χ0v) is 15.7. The molecule has 0 aliphatic carbocycles. The predicted molar refractivity (Wildman–Crippen MR) is 101 cm³/mol. The smallest absolute Gasteiger partial charge is 0.190 e. The van der Waals surface area contributed by atoms with E-state index in [9.17, 15) is 26.3 Å². The molecule has 0 bridgehead atoms. The normalized spacial score (nSPS) is 11.1. The summed E-state index contributed by atoms with van der Waals surface area (Å²) < 4.78 is 83.0. The first-order chi connectivity index (χ1) is 14.7. The Hall–Kier alpha value is -3.75. The third-order valence-electron chi connectivity index (χ3n) is 4.74. The molecule has 0 amide bonds. The van der Waals surface area contributed by atoms with Crippen LogP contribution in [0, 0.1) is 42.6 Å². The van der Waals surface area contributed by atoms with Crippen LogP contribution in [0.3, 0.4) is 0 Å². The molecule has 156 valence electrons. The Morgan fingerprint density at radius 3 is 1.19 bits per heavy atom. The Morgan fingerprint density at radius 2 is 0.839 bits per heavy atom. The maximum Gasteiger partial charge on any atom is 0.223 e. The number of aromatic nitrogens is 3. The van der Waals surface area contributed by atoms with Gasteiger partial charge in [0.25, 0.3) is 0 Å². The van der Waals surface area contributed by atoms with Gasteiger partial charge in [0, 0.05) is 16.7 Å². The van der Waals surface area contributed by atoms with Gasteiger partial charge in [-0.15, -0.1) is 0 Å². The summed E-state index contributed by atoms with van der Waals surface area (Å²) in [4.78, 5) is 9.43. The summed E-state index contributed by atoms with van der Waals surface area (Å²) in [5.41, 5.74) is 0.303. The van der Waals surface area contributed by atoms with Gasteiger partial charge in [-0.05, 0) is 77.7 Å². The molecule has 3 nitrogen and oxygen atoms in total. The average molecular weight is 431 g/mol. The number of hydrogen-bond donors (Lipinski definition) is 0. The number of rotatable bonds is 3. The standard InChI is InChI=1S/C22H11F6N3/c1-10-15(13-3-6-18(24)30-21(13)27)8-11(12-2-5-17(23)29-20(12)26)9-16(10)14-4-7-19(25)31-22(14)28/h2-9H,1H3. The second-order valence-corrected chi connectivity index (χ2v) is 6.61. The quantitative estimate of drug-likeness (QED) is 0.294. The minimum Gasteiger partial charge on any atom is -0.190 e. The van der Waals surface area contributed by atoms with Gasteiger partial charge < -0.3 is 0 Å². The number of hydrogen-bond acceptors (Lipinski definition) is 3. The summed E-state index contributed by atoms with van der Waals surface area (Å²) >= 11 is 0. The molecule has 0 saturated heterocycles. The lowest BCUT2D eigenvalue weighted by Crippen LogP contribution is -2.00. The SMILES string of the molecule is Cc1c(-c2ccc(F)nc2F)cc(-c2ccc(F)nc2F)cc1-c1ccc(F)nc1F. The first-order valence-corrected chi connectivity index (χ1v) is 8.86. The van der Waals surface area contributed by atoms with E-state index in [0.717, 1.165) is 36.4 Å². The van der Waals surface area contributed by atoms with E-state index in [0.29, 0.717) is 5.56 Å². The van der Waals surface area contributed by atoms with Crippen molar-refractivity contribution in [3.63, 3.8) is 0 Å². The highest BCUT2D eigenvalue weighted by atomic mass is 19.2. The van der Waals surface area contributed by atoms with Crippen molar-refractivity contribution in [1.29, 1.82) is 0 Å². The van der Waals surface area contributed by atoms with E-state index in [1.54, 1.807) is 0 Å². The molecule has 0 unspecified atom stereocenters. The van der Waals surface area contributed by atoms with Gasteiger partial charge in [-0.1, -0.05) is 0 Å². The molecule has 1 aromatic carbocycles. The molecule has 0 aliphatic heterocycles. The van der Waals surface area contributed by atoms with Gasteiger partial charge in [0.1, 0.15) is 0 Å². The van der Waals surface area contributed by atoms with Crippen molar-refractivity contribution in [2.75, 3.05) is 0 Å². The average Bonchev–Trinajstić information content (AvgIpc) is 2.69. The van der Waals surface area contributed by atoms with Crippen molar-refractivity contribution in [1.82, 2.24) is 15.0 Å². The molecule has 0 N–H and O–H groups in total. The molecular formula is C22H11F6N3. The lowest BCUT2D eigenvalue weighted by atomic mass is 9.89. The minimum absolute atomic E-state index is 0.105. The fraction of sp³-hybridized carbons (Fsp3) is 0.0455. The number of nitrogens with zero attached hydrogens (tertiary/aromatic N) is 3. The number of halogens is 6. The maximum atomic E-state index is 14.4. The van der Waals surface area contributed by atoms with Gasteiger partial charge in [0.2, 0.25) is 35.7 Å². The third-order valence-corrected chi connectivity index (χ3v) is 4.74. The molecular weight excluding hydrogens is 420 g/mol. The Balaban J connectivity index is 2.05. The van der Waals surface area contributed by atoms with Crippen LogP contribution in [0.1, 0.15) is 5.56 Å². The highest BCUT2D eigenvalue weighted by molar-refractivity contribution is 5.84. The molecule has 0 aliphatic rings. The van der Waals surface area contributed by atoms with Gasteiger partial charge >= 0.3 is 0 Å². The van der Waals surface area contributed by atoms with E-state index in [1.165, 1.54) is 19.1 Å². The summed E-state index contributed by atoms with van der Waals surface area (Å²) in [6.07, 6.45) is 0. The lowest BCUT2D eigenvalue weighted by molar-refractivity contribution is 0.514. The summed E-state index contributed by atoms with van der Waals surface area (Å²) in [5, 5.41) is 0. The Bertz CT molecular complexity index is 1250. The van der Waals surface area contributed by atoms with Gasteiger partial charge in [0.15, 0.2) is 0 Å². The molecule has 9 heteroatoms. The van der Waals surface area contributed by atoms with E-state index in [1.807, 2.05) is 0 Å². The number of pyridine rings is 3. The van der Waals surface area contributed by atoms with E-state index >= 15 is 0 Å². The van der Waals surface area contributed by atoms with E-state index < -0.39 is 35.7 Å².